The highest BCUT2D eigenvalue weighted by Gasteiger charge is 2.15. The molecule has 2 rings (SSSR count). The predicted octanol–water partition coefficient (Wildman–Crippen LogP) is 2.44. The highest BCUT2D eigenvalue weighted by atomic mass is 79.9. The van der Waals surface area contributed by atoms with Crippen LogP contribution in [-0.2, 0) is 13.5 Å². The number of aliphatic hydroxyl groups excluding tert-OH is 1. The van der Waals surface area contributed by atoms with Gasteiger partial charge in [-0.05, 0) is 40.9 Å². The molecule has 0 aliphatic heterocycles. The van der Waals surface area contributed by atoms with E-state index in [4.69, 9.17) is 4.42 Å². The topological polar surface area (TPSA) is 51.2 Å². The molecule has 0 aliphatic carbocycles. The van der Waals surface area contributed by atoms with Crippen molar-refractivity contribution in [1.82, 2.24) is 9.78 Å². The van der Waals surface area contributed by atoms with E-state index in [-0.39, 0.29) is 0 Å². The Morgan fingerprint density at radius 3 is 2.94 bits per heavy atom. The molecule has 0 aliphatic rings. The summed E-state index contributed by atoms with van der Waals surface area (Å²) in [5.74, 6) is 0.585. The number of furan rings is 1. The standard InChI is InChI=1S/C11H13BrN2O2/c1-14-8(4-6-13-14)2-3-10(15)11-9(12)5-7-16-11/h4-7,10,15H,2-3H2,1H3. The second-order valence-corrected chi connectivity index (χ2v) is 4.49. The summed E-state index contributed by atoms with van der Waals surface area (Å²) in [4.78, 5) is 0. The van der Waals surface area contributed by atoms with Gasteiger partial charge in [0.2, 0.25) is 0 Å². The van der Waals surface area contributed by atoms with Crippen molar-refractivity contribution < 1.29 is 9.52 Å². The third kappa shape index (κ3) is 2.36. The van der Waals surface area contributed by atoms with Crippen LogP contribution in [0.3, 0.4) is 0 Å². The Morgan fingerprint density at radius 1 is 1.56 bits per heavy atom. The molecule has 2 heterocycles. The van der Waals surface area contributed by atoms with Crippen molar-refractivity contribution in [3.8, 4) is 0 Å². The monoisotopic (exact) mass is 284 g/mol. The minimum atomic E-state index is -0.584. The Bertz CT molecular complexity index is 464. The average molecular weight is 285 g/mol. The van der Waals surface area contributed by atoms with Gasteiger partial charge in [0.05, 0.1) is 10.7 Å². The van der Waals surface area contributed by atoms with Crippen molar-refractivity contribution >= 4 is 15.9 Å². The van der Waals surface area contributed by atoms with Gasteiger partial charge in [-0.15, -0.1) is 0 Å². The number of halogens is 1. The van der Waals surface area contributed by atoms with E-state index in [1.165, 1.54) is 0 Å². The molecule has 4 nitrogen and oxygen atoms in total. The Labute approximate surface area is 102 Å². The number of nitrogens with zero attached hydrogens (tertiary/aromatic N) is 2. The van der Waals surface area contributed by atoms with Crippen molar-refractivity contribution in [2.45, 2.75) is 18.9 Å². The molecular weight excluding hydrogens is 272 g/mol. The van der Waals surface area contributed by atoms with E-state index < -0.39 is 6.10 Å². The molecule has 1 atom stereocenters. The highest BCUT2D eigenvalue weighted by molar-refractivity contribution is 9.10. The van der Waals surface area contributed by atoms with Crippen LogP contribution in [0, 0.1) is 0 Å². The molecule has 0 amide bonds. The van der Waals surface area contributed by atoms with Crippen LogP contribution in [0.25, 0.3) is 0 Å². The molecule has 1 N–H and O–H groups in total. The van der Waals surface area contributed by atoms with Crippen LogP contribution in [0.5, 0.6) is 0 Å². The molecule has 0 saturated heterocycles. The van der Waals surface area contributed by atoms with E-state index in [0.29, 0.717) is 12.2 Å². The fourth-order valence-corrected chi connectivity index (χ4v) is 2.07. The molecular formula is C11H13BrN2O2. The Kier molecular flexibility index (Phi) is 3.46. The molecule has 5 heteroatoms. The zero-order chi connectivity index (χ0) is 11.5. The summed E-state index contributed by atoms with van der Waals surface area (Å²) in [6, 6.07) is 3.73. The van der Waals surface area contributed by atoms with Gasteiger partial charge in [0, 0.05) is 18.9 Å². The van der Waals surface area contributed by atoms with Crippen LogP contribution < -0.4 is 0 Å². The second kappa shape index (κ2) is 4.84. The van der Waals surface area contributed by atoms with Crippen LogP contribution in [0.2, 0.25) is 0 Å². The number of aromatic nitrogens is 2. The first-order valence-electron chi connectivity index (χ1n) is 5.06. The minimum Gasteiger partial charge on any atom is -0.465 e. The smallest absolute Gasteiger partial charge is 0.146 e. The maximum Gasteiger partial charge on any atom is 0.146 e. The van der Waals surface area contributed by atoms with Crippen LogP contribution in [-0.4, -0.2) is 14.9 Å². The fraction of sp³-hybridized carbons (Fsp3) is 0.364. The number of rotatable bonds is 4. The lowest BCUT2D eigenvalue weighted by atomic mass is 10.1. The van der Waals surface area contributed by atoms with Gasteiger partial charge in [-0.1, -0.05) is 0 Å². The first-order chi connectivity index (χ1) is 7.68. The third-order valence-electron chi connectivity index (χ3n) is 2.54. The molecule has 1 unspecified atom stereocenters. The predicted molar refractivity (Wildman–Crippen MR) is 62.9 cm³/mol. The lowest BCUT2D eigenvalue weighted by molar-refractivity contribution is 0.139. The second-order valence-electron chi connectivity index (χ2n) is 3.63. The summed E-state index contributed by atoms with van der Waals surface area (Å²) in [6.45, 7) is 0. The zero-order valence-electron chi connectivity index (χ0n) is 8.93. The molecule has 86 valence electrons. The summed E-state index contributed by atoms with van der Waals surface area (Å²) < 4.78 is 7.83. The maximum atomic E-state index is 9.93. The van der Waals surface area contributed by atoms with Gasteiger partial charge in [-0.25, -0.2) is 0 Å². The molecule has 0 spiro atoms. The Morgan fingerprint density at radius 2 is 2.38 bits per heavy atom. The van der Waals surface area contributed by atoms with Gasteiger partial charge in [-0.2, -0.15) is 5.10 Å². The van der Waals surface area contributed by atoms with E-state index in [2.05, 4.69) is 21.0 Å². The van der Waals surface area contributed by atoms with Crippen LogP contribution in [0.15, 0.2) is 33.5 Å². The van der Waals surface area contributed by atoms with Crippen LogP contribution in [0.4, 0.5) is 0 Å². The normalized spacial score (nSPS) is 12.9. The maximum absolute atomic E-state index is 9.93. The lowest BCUT2D eigenvalue weighted by Gasteiger charge is -2.08. The first-order valence-corrected chi connectivity index (χ1v) is 5.85. The number of hydrogen-bond acceptors (Lipinski definition) is 3. The quantitative estimate of drug-likeness (QED) is 0.938. The van der Waals surface area contributed by atoms with E-state index in [9.17, 15) is 5.11 Å². The summed E-state index contributed by atoms with van der Waals surface area (Å²) in [5.41, 5.74) is 1.10. The molecule has 16 heavy (non-hydrogen) atoms. The SMILES string of the molecule is Cn1nccc1CCC(O)c1occc1Br. The van der Waals surface area contributed by atoms with Crippen molar-refractivity contribution in [3.05, 3.63) is 40.5 Å². The molecule has 0 saturated carbocycles. The van der Waals surface area contributed by atoms with Crippen LogP contribution >= 0.6 is 15.9 Å². The van der Waals surface area contributed by atoms with E-state index >= 15 is 0 Å². The van der Waals surface area contributed by atoms with Gasteiger partial charge in [-0.3, -0.25) is 4.68 Å². The third-order valence-corrected chi connectivity index (χ3v) is 3.20. The molecule has 2 aromatic rings. The Balaban J connectivity index is 1.97. The van der Waals surface area contributed by atoms with Crippen LogP contribution in [0.1, 0.15) is 24.0 Å². The van der Waals surface area contributed by atoms with E-state index in [0.717, 1.165) is 16.6 Å². The molecule has 0 aromatic carbocycles. The first kappa shape index (κ1) is 11.4. The largest absolute Gasteiger partial charge is 0.465 e. The number of aliphatic hydroxyl groups is 1. The van der Waals surface area contributed by atoms with Gasteiger partial charge in [0.25, 0.3) is 0 Å². The highest BCUT2D eigenvalue weighted by Crippen LogP contribution is 2.27. The van der Waals surface area contributed by atoms with Crippen molar-refractivity contribution in [1.29, 1.82) is 0 Å². The van der Waals surface area contributed by atoms with Gasteiger partial charge in [0.1, 0.15) is 11.9 Å². The molecule has 2 aromatic heterocycles. The van der Waals surface area contributed by atoms with E-state index in [1.807, 2.05) is 17.8 Å². The number of hydrogen-bond donors (Lipinski definition) is 1. The van der Waals surface area contributed by atoms with Crippen molar-refractivity contribution in [3.63, 3.8) is 0 Å². The summed E-state index contributed by atoms with van der Waals surface area (Å²) in [5, 5.41) is 14.0. The lowest BCUT2D eigenvalue weighted by Crippen LogP contribution is -2.03. The molecule has 0 radical (unpaired) electrons. The van der Waals surface area contributed by atoms with Crippen molar-refractivity contribution in [2.75, 3.05) is 0 Å². The summed E-state index contributed by atoms with van der Waals surface area (Å²) in [6.07, 6.45) is 4.12. The van der Waals surface area contributed by atoms with Gasteiger partial charge in [0.15, 0.2) is 0 Å². The molecule has 0 bridgehead atoms. The molecule has 0 fully saturated rings. The van der Waals surface area contributed by atoms with Gasteiger partial charge < -0.3 is 9.52 Å². The Hall–Kier alpha value is -1.07. The average Bonchev–Trinajstić information content (AvgIpc) is 2.84. The number of aryl methyl sites for hydroxylation is 2. The zero-order valence-corrected chi connectivity index (χ0v) is 10.5. The summed E-state index contributed by atoms with van der Waals surface area (Å²) >= 11 is 3.33. The fourth-order valence-electron chi connectivity index (χ4n) is 1.61. The summed E-state index contributed by atoms with van der Waals surface area (Å²) in [7, 11) is 1.89. The van der Waals surface area contributed by atoms with E-state index in [1.54, 1.807) is 18.5 Å². The van der Waals surface area contributed by atoms with Gasteiger partial charge >= 0.3 is 0 Å². The minimum absolute atomic E-state index is 0.584. The van der Waals surface area contributed by atoms with Crippen molar-refractivity contribution in [2.24, 2.45) is 7.05 Å².